The Labute approximate surface area is 217 Å². The van der Waals surface area contributed by atoms with Gasteiger partial charge in [-0.25, -0.2) is 0 Å². The van der Waals surface area contributed by atoms with E-state index in [1.165, 1.54) is 18.6 Å². The number of rotatable bonds is 9. The Bertz CT molecular complexity index is 778. The molecular formula is C28H47NO7. The zero-order valence-electron chi connectivity index (χ0n) is 23.3. The van der Waals surface area contributed by atoms with Gasteiger partial charge < -0.3 is 29.4 Å². The van der Waals surface area contributed by atoms with Crippen LogP contribution in [0, 0.1) is 5.92 Å². The molecule has 2 N–H and O–H groups in total. The van der Waals surface area contributed by atoms with Gasteiger partial charge in [-0.15, -0.1) is 0 Å². The number of carbonyl (C=O) groups is 2. The summed E-state index contributed by atoms with van der Waals surface area (Å²) in [5, 5.41) is 10.0. The first-order valence-corrected chi connectivity index (χ1v) is 12.8. The average molecular weight is 510 g/mol. The molecule has 0 bridgehead atoms. The normalized spacial score (nSPS) is 32.0. The molecule has 8 heteroatoms. The molecule has 2 aliphatic heterocycles. The van der Waals surface area contributed by atoms with Crippen molar-refractivity contribution in [2.24, 2.45) is 5.92 Å². The van der Waals surface area contributed by atoms with Crippen LogP contribution in [-0.4, -0.2) is 73.9 Å². The molecule has 0 radical (unpaired) electrons. The fourth-order valence-corrected chi connectivity index (χ4v) is 4.42. The van der Waals surface area contributed by atoms with Crippen molar-refractivity contribution in [3.63, 3.8) is 0 Å². The molecule has 2 fully saturated rings. The molecule has 0 aromatic carbocycles. The second-order valence-electron chi connectivity index (χ2n) is 9.94. The fourth-order valence-electron chi connectivity index (χ4n) is 4.42. The van der Waals surface area contributed by atoms with Gasteiger partial charge in [-0.3, -0.25) is 9.59 Å². The van der Waals surface area contributed by atoms with Crippen LogP contribution in [0.5, 0.6) is 0 Å². The monoisotopic (exact) mass is 509 g/mol. The molecule has 1 amide bonds. The highest BCUT2D eigenvalue weighted by Crippen LogP contribution is 2.29. The Balaban J connectivity index is 0.00000316. The number of amides is 1. The molecule has 0 spiro atoms. The molecule has 2 heterocycles. The second kappa shape index (κ2) is 16.0. The molecule has 0 aliphatic carbocycles. The quantitative estimate of drug-likeness (QED) is 0.276. The van der Waals surface area contributed by atoms with Crippen LogP contribution in [-0.2, 0) is 28.5 Å². The molecule has 8 nitrogen and oxygen atoms in total. The van der Waals surface area contributed by atoms with E-state index < -0.39 is 6.10 Å². The number of methoxy groups -OCH3 is 1. The van der Waals surface area contributed by atoms with Crippen molar-refractivity contribution in [3.8, 4) is 0 Å². The van der Waals surface area contributed by atoms with Crippen LogP contribution >= 0.6 is 0 Å². The third kappa shape index (κ3) is 11.4. The third-order valence-electron chi connectivity index (χ3n) is 6.75. The largest absolute Gasteiger partial charge is 0.459 e. The lowest BCUT2D eigenvalue weighted by molar-refractivity contribution is -0.143. The summed E-state index contributed by atoms with van der Waals surface area (Å²) in [5.41, 5.74) is 1.06. The second-order valence-corrected chi connectivity index (χ2v) is 9.94. The van der Waals surface area contributed by atoms with Crippen molar-refractivity contribution < 1.29 is 33.6 Å². The highest BCUT2D eigenvalue weighted by molar-refractivity contribution is 5.87. The van der Waals surface area contributed by atoms with Crippen molar-refractivity contribution in [1.82, 2.24) is 5.32 Å². The van der Waals surface area contributed by atoms with Crippen molar-refractivity contribution in [2.45, 2.75) is 103 Å². The highest BCUT2D eigenvalue weighted by Gasteiger charge is 2.34. The smallest absolute Gasteiger partial charge is 0.303 e. The number of ether oxygens (including phenoxy) is 4. The Morgan fingerprint density at radius 1 is 1.22 bits per heavy atom. The lowest BCUT2D eigenvalue weighted by atomic mass is 9.88. The first-order valence-electron chi connectivity index (χ1n) is 12.8. The summed E-state index contributed by atoms with van der Waals surface area (Å²) in [5.74, 6) is -0.272. The maximum absolute atomic E-state index is 12.3. The van der Waals surface area contributed by atoms with Gasteiger partial charge in [0.15, 0.2) is 0 Å². The number of nitrogens with one attached hydrogen (secondary N) is 1. The Morgan fingerprint density at radius 3 is 2.56 bits per heavy atom. The summed E-state index contributed by atoms with van der Waals surface area (Å²) in [7, 11) is 2.77. The number of carbonyl (C=O) groups excluding carboxylic acids is 2. The zero-order chi connectivity index (χ0) is 27.3. The van der Waals surface area contributed by atoms with Crippen LogP contribution in [0.1, 0.15) is 67.2 Å². The molecule has 7 unspecified atom stereocenters. The number of allylic oxidation sites excluding steroid dienone is 2. The summed E-state index contributed by atoms with van der Waals surface area (Å²) in [4.78, 5) is 23.3. The minimum Gasteiger partial charge on any atom is -0.459 e. The van der Waals surface area contributed by atoms with Gasteiger partial charge in [0, 0.05) is 33.6 Å². The zero-order valence-corrected chi connectivity index (χ0v) is 23.3. The molecule has 0 saturated carbocycles. The standard InChI is InChI=1S/C27H43NO6.CH4O/c1-18(8-11-23-17-27(6,31-7)14-15-32-23)9-12-25-19(2)16-24(21(4)34-25)28-26(30)13-10-20(3)33-22(5)29;1-2/h8-11,13,19-21,23-25H,12,14-17H2,1-7H3,(H,28,30);2H,1H3/b11-8+,13-10-,18-9+;. The summed E-state index contributed by atoms with van der Waals surface area (Å²) in [6, 6.07) is -0.0593. The van der Waals surface area contributed by atoms with Gasteiger partial charge >= 0.3 is 5.97 Å². The van der Waals surface area contributed by atoms with Gasteiger partial charge in [-0.05, 0) is 59.0 Å². The van der Waals surface area contributed by atoms with Crippen molar-refractivity contribution in [3.05, 3.63) is 36.0 Å². The maximum atomic E-state index is 12.3. The number of hydrogen-bond donors (Lipinski definition) is 2. The molecular weight excluding hydrogens is 462 g/mol. The molecule has 0 aromatic heterocycles. The molecule has 0 aromatic rings. The van der Waals surface area contributed by atoms with E-state index in [0.717, 1.165) is 32.8 Å². The minimum absolute atomic E-state index is 0.0593. The van der Waals surface area contributed by atoms with E-state index in [9.17, 15) is 9.59 Å². The topological polar surface area (TPSA) is 103 Å². The van der Waals surface area contributed by atoms with Gasteiger partial charge in [0.1, 0.15) is 6.10 Å². The van der Waals surface area contributed by atoms with Crippen molar-refractivity contribution >= 4 is 11.9 Å². The Kier molecular flexibility index (Phi) is 14.2. The van der Waals surface area contributed by atoms with Crippen LogP contribution in [0.25, 0.3) is 0 Å². The Hall–Kier alpha value is -2.00. The fraction of sp³-hybridized carbons (Fsp3) is 0.714. The van der Waals surface area contributed by atoms with E-state index in [1.807, 2.05) is 6.92 Å². The molecule has 2 saturated heterocycles. The molecule has 2 aliphatic rings. The van der Waals surface area contributed by atoms with Crippen molar-refractivity contribution in [1.29, 1.82) is 0 Å². The van der Waals surface area contributed by atoms with Crippen LogP contribution < -0.4 is 5.32 Å². The molecule has 7 atom stereocenters. The lowest BCUT2D eigenvalue weighted by Gasteiger charge is -2.39. The van der Waals surface area contributed by atoms with Gasteiger partial charge in [-0.1, -0.05) is 30.7 Å². The summed E-state index contributed by atoms with van der Waals surface area (Å²) in [6.07, 6.45) is 12.5. The minimum atomic E-state index is -0.440. The van der Waals surface area contributed by atoms with Crippen LogP contribution in [0.2, 0.25) is 0 Å². The predicted molar refractivity (Wildman–Crippen MR) is 140 cm³/mol. The Morgan fingerprint density at radius 2 is 1.92 bits per heavy atom. The van der Waals surface area contributed by atoms with E-state index in [0.29, 0.717) is 12.5 Å². The summed E-state index contributed by atoms with van der Waals surface area (Å²) >= 11 is 0. The van der Waals surface area contributed by atoms with E-state index in [1.54, 1.807) is 20.1 Å². The highest BCUT2D eigenvalue weighted by atomic mass is 16.5. The van der Waals surface area contributed by atoms with Gasteiger partial charge in [0.05, 0.1) is 36.6 Å². The number of aliphatic hydroxyl groups excluding tert-OH is 1. The molecule has 2 rings (SSSR count). The first-order chi connectivity index (χ1) is 17.0. The van der Waals surface area contributed by atoms with Crippen LogP contribution in [0.3, 0.4) is 0 Å². The van der Waals surface area contributed by atoms with E-state index in [4.69, 9.17) is 24.1 Å². The SMILES string of the molecule is CO.COC1(C)CCOC(/C=C/C(C)=C/CC2OC(C)C(NC(=O)/C=C\C(C)OC(C)=O)CC2C)C1. The first kappa shape index (κ1) is 32.0. The van der Waals surface area contributed by atoms with E-state index >= 15 is 0 Å². The van der Waals surface area contributed by atoms with Crippen LogP contribution in [0.4, 0.5) is 0 Å². The maximum Gasteiger partial charge on any atom is 0.303 e. The average Bonchev–Trinajstić information content (AvgIpc) is 2.83. The molecule has 36 heavy (non-hydrogen) atoms. The number of aliphatic hydroxyl groups is 1. The van der Waals surface area contributed by atoms with Gasteiger partial charge in [0.25, 0.3) is 0 Å². The van der Waals surface area contributed by atoms with Gasteiger partial charge in [-0.2, -0.15) is 0 Å². The van der Waals surface area contributed by atoms with E-state index in [-0.39, 0.29) is 41.8 Å². The lowest BCUT2D eigenvalue weighted by Crippen LogP contribution is -2.50. The summed E-state index contributed by atoms with van der Waals surface area (Å²) < 4.78 is 22.8. The number of hydrogen-bond acceptors (Lipinski definition) is 7. The van der Waals surface area contributed by atoms with E-state index in [2.05, 4.69) is 44.3 Å². The van der Waals surface area contributed by atoms with Crippen LogP contribution in [0.15, 0.2) is 36.0 Å². The number of esters is 1. The molecule has 206 valence electrons. The van der Waals surface area contributed by atoms with Gasteiger partial charge in [0.2, 0.25) is 5.91 Å². The summed E-state index contributed by atoms with van der Waals surface area (Å²) in [6.45, 7) is 12.2. The van der Waals surface area contributed by atoms with Crippen molar-refractivity contribution in [2.75, 3.05) is 20.8 Å². The predicted octanol–water partition coefficient (Wildman–Crippen LogP) is 3.88. The third-order valence-corrected chi connectivity index (χ3v) is 6.75.